The zero-order valence-corrected chi connectivity index (χ0v) is 12.9. The topological polar surface area (TPSA) is 58.6 Å². The molecule has 0 fully saturated rings. The van der Waals surface area contributed by atoms with E-state index >= 15 is 0 Å². The lowest BCUT2D eigenvalue weighted by molar-refractivity contribution is -0.119. The van der Waals surface area contributed by atoms with Crippen molar-refractivity contribution in [3.63, 3.8) is 0 Å². The van der Waals surface area contributed by atoms with Gasteiger partial charge >= 0.3 is 0 Å². The summed E-state index contributed by atoms with van der Waals surface area (Å²) in [6.45, 7) is 0.0483. The summed E-state index contributed by atoms with van der Waals surface area (Å²) in [6.07, 6.45) is 1.01. The second-order valence-corrected chi connectivity index (χ2v) is 5.46. The first-order valence-electron chi connectivity index (χ1n) is 7.50. The van der Waals surface area contributed by atoms with E-state index in [1.807, 2.05) is 48.5 Å². The summed E-state index contributed by atoms with van der Waals surface area (Å²) in [5, 5.41) is 2.78. The summed E-state index contributed by atoms with van der Waals surface area (Å²) < 4.78 is 5.33. The summed E-state index contributed by atoms with van der Waals surface area (Å²) in [6, 6.07) is 15.2. The molecular formula is C18H18N2O3. The number of carbonyl (C=O) groups is 2. The molecule has 0 bridgehead atoms. The minimum atomic E-state index is -0.158. The Morgan fingerprint density at radius 2 is 2.00 bits per heavy atom. The van der Waals surface area contributed by atoms with Gasteiger partial charge < -0.3 is 15.0 Å². The van der Waals surface area contributed by atoms with Gasteiger partial charge in [-0.05, 0) is 36.2 Å². The van der Waals surface area contributed by atoms with Crippen LogP contribution in [-0.4, -0.2) is 25.5 Å². The quantitative estimate of drug-likeness (QED) is 0.944. The maximum absolute atomic E-state index is 12.3. The molecule has 0 aliphatic carbocycles. The lowest BCUT2D eigenvalue weighted by Gasteiger charge is -2.19. The highest BCUT2D eigenvalue weighted by Gasteiger charge is 2.16. The van der Waals surface area contributed by atoms with Crippen molar-refractivity contribution in [2.75, 3.05) is 23.9 Å². The van der Waals surface area contributed by atoms with Gasteiger partial charge in [0.25, 0.3) is 5.91 Å². The van der Waals surface area contributed by atoms with Crippen LogP contribution >= 0.6 is 0 Å². The predicted molar refractivity (Wildman–Crippen MR) is 88.7 cm³/mol. The van der Waals surface area contributed by atoms with Crippen LogP contribution in [0.4, 0.5) is 11.4 Å². The number of carbonyl (C=O) groups excluding carboxylic acids is 2. The molecule has 5 heteroatoms. The molecule has 1 N–H and O–H groups in total. The van der Waals surface area contributed by atoms with Crippen LogP contribution in [0.5, 0.6) is 5.75 Å². The van der Waals surface area contributed by atoms with Gasteiger partial charge in [-0.15, -0.1) is 0 Å². The Labute approximate surface area is 134 Å². The highest BCUT2D eigenvalue weighted by atomic mass is 16.5. The number of anilines is 2. The Morgan fingerprint density at radius 3 is 2.78 bits per heavy atom. The fourth-order valence-electron chi connectivity index (χ4n) is 2.50. The SMILES string of the molecule is CN(C(=O)CCc1ccc2c(c1)NC(=O)CO2)c1ccccc1. The van der Waals surface area contributed by atoms with Gasteiger partial charge in [-0.1, -0.05) is 24.3 Å². The van der Waals surface area contributed by atoms with Crippen molar-refractivity contribution >= 4 is 23.2 Å². The third kappa shape index (κ3) is 3.51. The largest absolute Gasteiger partial charge is 0.482 e. The van der Waals surface area contributed by atoms with Gasteiger partial charge in [0.05, 0.1) is 5.69 Å². The second kappa shape index (κ2) is 6.52. The van der Waals surface area contributed by atoms with E-state index in [2.05, 4.69) is 5.32 Å². The second-order valence-electron chi connectivity index (χ2n) is 5.46. The molecule has 3 rings (SSSR count). The Kier molecular flexibility index (Phi) is 4.28. The van der Waals surface area contributed by atoms with E-state index in [0.717, 1.165) is 11.3 Å². The smallest absolute Gasteiger partial charge is 0.262 e. The molecule has 1 heterocycles. The molecule has 0 atom stereocenters. The normalized spacial score (nSPS) is 12.8. The van der Waals surface area contributed by atoms with Crippen LogP contribution in [0.3, 0.4) is 0 Å². The summed E-state index contributed by atoms with van der Waals surface area (Å²) in [7, 11) is 1.78. The third-order valence-corrected chi connectivity index (χ3v) is 3.82. The maximum Gasteiger partial charge on any atom is 0.262 e. The highest BCUT2D eigenvalue weighted by molar-refractivity contribution is 5.95. The average Bonchev–Trinajstić information content (AvgIpc) is 2.59. The van der Waals surface area contributed by atoms with Crippen molar-refractivity contribution in [2.45, 2.75) is 12.8 Å². The number of nitrogens with one attached hydrogen (secondary N) is 1. The minimum absolute atomic E-state index is 0.0483. The van der Waals surface area contributed by atoms with Crippen LogP contribution in [0.25, 0.3) is 0 Å². The molecule has 23 heavy (non-hydrogen) atoms. The number of fused-ring (bicyclic) bond motifs is 1. The lowest BCUT2D eigenvalue weighted by atomic mass is 10.1. The molecular weight excluding hydrogens is 292 g/mol. The van der Waals surface area contributed by atoms with Crippen molar-refractivity contribution in [3.8, 4) is 5.75 Å². The molecule has 0 saturated heterocycles. The van der Waals surface area contributed by atoms with Gasteiger partial charge in [0.2, 0.25) is 5.91 Å². The van der Waals surface area contributed by atoms with Crippen LogP contribution in [-0.2, 0) is 16.0 Å². The number of hydrogen-bond donors (Lipinski definition) is 1. The summed E-state index contributed by atoms with van der Waals surface area (Å²) in [4.78, 5) is 25.3. The molecule has 0 spiro atoms. The number of aryl methyl sites for hydroxylation is 1. The van der Waals surface area contributed by atoms with E-state index < -0.39 is 0 Å². The van der Waals surface area contributed by atoms with E-state index in [1.54, 1.807) is 11.9 Å². The van der Waals surface area contributed by atoms with Crippen LogP contribution in [0.2, 0.25) is 0 Å². The Balaban J connectivity index is 1.63. The molecule has 118 valence electrons. The van der Waals surface area contributed by atoms with E-state index in [0.29, 0.717) is 24.3 Å². The lowest BCUT2D eigenvalue weighted by Crippen LogP contribution is -2.26. The molecule has 2 aromatic rings. The number of rotatable bonds is 4. The standard InChI is InChI=1S/C18H18N2O3/c1-20(14-5-3-2-4-6-14)18(22)10-8-13-7-9-16-15(11-13)19-17(21)12-23-16/h2-7,9,11H,8,10,12H2,1H3,(H,19,21). The molecule has 1 aliphatic rings. The molecule has 0 saturated carbocycles. The van der Waals surface area contributed by atoms with Crippen molar-refractivity contribution < 1.29 is 14.3 Å². The van der Waals surface area contributed by atoms with Crippen LogP contribution in [0.1, 0.15) is 12.0 Å². The first kappa shape index (κ1) is 15.1. The van der Waals surface area contributed by atoms with E-state index in [1.165, 1.54) is 0 Å². The average molecular weight is 310 g/mol. The van der Waals surface area contributed by atoms with E-state index in [-0.39, 0.29) is 18.4 Å². The van der Waals surface area contributed by atoms with Crippen LogP contribution in [0.15, 0.2) is 48.5 Å². The Morgan fingerprint density at radius 1 is 1.22 bits per heavy atom. The highest BCUT2D eigenvalue weighted by Crippen LogP contribution is 2.28. The fourth-order valence-corrected chi connectivity index (χ4v) is 2.50. The minimum Gasteiger partial charge on any atom is -0.482 e. The van der Waals surface area contributed by atoms with Crippen molar-refractivity contribution in [2.24, 2.45) is 0 Å². The first-order valence-corrected chi connectivity index (χ1v) is 7.50. The molecule has 2 aromatic carbocycles. The third-order valence-electron chi connectivity index (χ3n) is 3.82. The van der Waals surface area contributed by atoms with Gasteiger partial charge in [0, 0.05) is 19.2 Å². The molecule has 2 amide bonds. The summed E-state index contributed by atoms with van der Waals surface area (Å²) >= 11 is 0. The number of amides is 2. The van der Waals surface area contributed by atoms with Crippen LogP contribution < -0.4 is 15.0 Å². The molecule has 5 nitrogen and oxygen atoms in total. The van der Waals surface area contributed by atoms with Crippen molar-refractivity contribution in [1.82, 2.24) is 0 Å². The maximum atomic E-state index is 12.3. The van der Waals surface area contributed by atoms with Gasteiger partial charge in [-0.2, -0.15) is 0 Å². The van der Waals surface area contributed by atoms with E-state index in [4.69, 9.17) is 4.74 Å². The summed E-state index contributed by atoms with van der Waals surface area (Å²) in [5.74, 6) is 0.560. The Bertz CT molecular complexity index is 728. The number of benzene rings is 2. The van der Waals surface area contributed by atoms with Gasteiger partial charge in [-0.3, -0.25) is 9.59 Å². The van der Waals surface area contributed by atoms with Crippen LogP contribution in [0, 0.1) is 0 Å². The number of para-hydroxylation sites is 1. The van der Waals surface area contributed by atoms with Crippen molar-refractivity contribution in [3.05, 3.63) is 54.1 Å². The molecule has 0 radical (unpaired) electrons. The molecule has 0 aromatic heterocycles. The number of nitrogens with zero attached hydrogens (tertiary/aromatic N) is 1. The number of hydrogen-bond acceptors (Lipinski definition) is 3. The molecule has 1 aliphatic heterocycles. The van der Waals surface area contributed by atoms with Gasteiger partial charge in [-0.25, -0.2) is 0 Å². The van der Waals surface area contributed by atoms with Crippen molar-refractivity contribution in [1.29, 1.82) is 0 Å². The van der Waals surface area contributed by atoms with Gasteiger partial charge in [0.15, 0.2) is 6.61 Å². The fraction of sp³-hybridized carbons (Fsp3) is 0.222. The van der Waals surface area contributed by atoms with E-state index in [9.17, 15) is 9.59 Å². The monoisotopic (exact) mass is 310 g/mol. The zero-order valence-electron chi connectivity index (χ0n) is 12.9. The first-order chi connectivity index (χ1) is 11.1. The predicted octanol–water partition coefficient (Wildman–Crippen LogP) is 2.61. The van der Waals surface area contributed by atoms with Gasteiger partial charge in [0.1, 0.15) is 5.75 Å². The Hall–Kier alpha value is -2.82. The summed E-state index contributed by atoms with van der Waals surface area (Å²) in [5.41, 5.74) is 2.54. The zero-order chi connectivity index (χ0) is 16.2. The molecule has 0 unspecified atom stereocenters. The number of ether oxygens (including phenoxy) is 1.